The fourth-order valence-corrected chi connectivity index (χ4v) is 1.73. The van der Waals surface area contributed by atoms with Crippen molar-refractivity contribution < 1.29 is 9.47 Å². The lowest BCUT2D eigenvalue weighted by Gasteiger charge is -2.19. The van der Waals surface area contributed by atoms with Crippen LogP contribution in [0.15, 0.2) is 6.33 Å². The van der Waals surface area contributed by atoms with Crippen LogP contribution in [0, 0.1) is 6.92 Å². The molecule has 1 heterocycles. The summed E-state index contributed by atoms with van der Waals surface area (Å²) in [7, 11) is 3.32. The molecule has 0 spiro atoms. The van der Waals surface area contributed by atoms with Gasteiger partial charge >= 0.3 is 0 Å². The van der Waals surface area contributed by atoms with E-state index in [1.54, 1.807) is 14.2 Å². The minimum Gasteiger partial charge on any atom is -0.481 e. The van der Waals surface area contributed by atoms with Gasteiger partial charge in [0, 0.05) is 7.11 Å². The molecule has 1 aromatic rings. The van der Waals surface area contributed by atoms with Gasteiger partial charge in [0.15, 0.2) is 0 Å². The maximum absolute atomic E-state index is 5.19. The summed E-state index contributed by atoms with van der Waals surface area (Å²) >= 11 is 0. The van der Waals surface area contributed by atoms with Crippen LogP contribution in [0.1, 0.15) is 25.3 Å². The second kappa shape index (κ2) is 7.06. The predicted molar refractivity (Wildman–Crippen MR) is 67.5 cm³/mol. The maximum atomic E-state index is 5.19. The van der Waals surface area contributed by atoms with Crippen molar-refractivity contribution in [3.63, 3.8) is 0 Å². The molecule has 1 atom stereocenters. The molecular formula is C12H21N3O2. The van der Waals surface area contributed by atoms with E-state index in [4.69, 9.17) is 9.47 Å². The highest BCUT2D eigenvalue weighted by Gasteiger charge is 2.12. The molecule has 0 saturated carbocycles. The minimum absolute atomic E-state index is 0.267. The molecule has 1 aromatic heterocycles. The zero-order chi connectivity index (χ0) is 12.7. The van der Waals surface area contributed by atoms with Crippen molar-refractivity contribution in [3.8, 4) is 5.88 Å². The molecule has 0 radical (unpaired) electrons. The van der Waals surface area contributed by atoms with Crippen molar-refractivity contribution in [1.29, 1.82) is 0 Å². The number of hydrogen-bond acceptors (Lipinski definition) is 5. The number of aromatic nitrogens is 2. The van der Waals surface area contributed by atoms with Gasteiger partial charge in [0.2, 0.25) is 5.88 Å². The first-order valence-electron chi connectivity index (χ1n) is 5.84. The van der Waals surface area contributed by atoms with Crippen molar-refractivity contribution in [2.75, 3.05) is 26.1 Å². The van der Waals surface area contributed by atoms with E-state index >= 15 is 0 Å². The van der Waals surface area contributed by atoms with Gasteiger partial charge in [0.25, 0.3) is 0 Å². The molecule has 0 aliphatic rings. The topological polar surface area (TPSA) is 56.3 Å². The lowest BCUT2D eigenvalue weighted by molar-refractivity contribution is 0.182. The van der Waals surface area contributed by atoms with Gasteiger partial charge in [0.05, 0.1) is 25.3 Å². The van der Waals surface area contributed by atoms with E-state index in [0.717, 1.165) is 24.2 Å². The van der Waals surface area contributed by atoms with E-state index < -0.39 is 0 Å². The summed E-state index contributed by atoms with van der Waals surface area (Å²) in [5, 5.41) is 3.37. The summed E-state index contributed by atoms with van der Waals surface area (Å²) in [6.07, 6.45) is 3.64. The van der Waals surface area contributed by atoms with Crippen molar-refractivity contribution in [3.05, 3.63) is 11.9 Å². The third-order valence-corrected chi connectivity index (χ3v) is 2.58. The van der Waals surface area contributed by atoms with Gasteiger partial charge in [-0.3, -0.25) is 0 Å². The summed E-state index contributed by atoms with van der Waals surface area (Å²) < 4.78 is 10.4. The van der Waals surface area contributed by atoms with E-state index in [-0.39, 0.29) is 6.04 Å². The van der Waals surface area contributed by atoms with Crippen LogP contribution in [-0.4, -0.2) is 36.8 Å². The smallest absolute Gasteiger partial charge is 0.221 e. The normalized spacial score (nSPS) is 12.2. The molecule has 0 saturated heterocycles. The Bertz CT molecular complexity index is 339. The van der Waals surface area contributed by atoms with E-state index in [1.807, 2.05) is 6.92 Å². The molecule has 17 heavy (non-hydrogen) atoms. The van der Waals surface area contributed by atoms with Crippen LogP contribution in [0.5, 0.6) is 5.88 Å². The fraction of sp³-hybridized carbons (Fsp3) is 0.667. The molecular weight excluding hydrogens is 218 g/mol. The predicted octanol–water partition coefficient (Wildman–Crippen LogP) is 2.02. The molecule has 1 N–H and O–H groups in total. The van der Waals surface area contributed by atoms with E-state index in [2.05, 4.69) is 22.2 Å². The quantitative estimate of drug-likeness (QED) is 0.789. The van der Waals surface area contributed by atoms with E-state index in [0.29, 0.717) is 12.5 Å². The first-order valence-corrected chi connectivity index (χ1v) is 5.84. The van der Waals surface area contributed by atoms with E-state index in [9.17, 15) is 0 Å². The lowest BCUT2D eigenvalue weighted by Crippen LogP contribution is -2.25. The van der Waals surface area contributed by atoms with Gasteiger partial charge in [-0.25, -0.2) is 9.97 Å². The summed E-state index contributed by atoms with van der Waals surface area (Å²) in [5.41, 5.74) is 0.923. The van der Waals surface area contributed by atoms with Crippen LogP contribution in [0.3, 0.4) is 0 Å². The van der Waals surface area contributed by atoms with Crippen molar-refractivity contribution >= 4 is 5.82 Å². The number of ether oxygens (including phenoxy) is 2. The molecule has 96 valence electrons. The number of hydrogen-bond donors (Lipinski definition) is 1. The first kappa shape index (κ1) is 13.7. The molecule has 5 heteroatoms. The summed E-state index contributed by atoms with van der Waals surface area (Å²) in [6, 6.07) is 0.267. The summed E-state index contributed by atoms with van der Waals surface area (Å²) in [4.78, 5) is 8.29. The third kappa shape index (κ3) is 3.85. The Morgan fingerprint density at radius 2 is 2.12 bits per heavy atom. The zero-order valence-electron chi connectivity index (χ0n) is 11.0. The number of anilines is 1. The van der Waals surface area contributed by atoms with Crippen molar-refractivity contribution in [2.45, 2.75) is 32.7 Å². The number of methoxy groups -OCH3 is 2. The summed E-state index contributed by atoms with van der Waals surface area (Å²) in [6.45, 7) is 4.76. The molecule has 0 amide bonds. The number of rotatable bonds is 7. The monoisotopic (exact) mass is 239 g/mol. The van der Waals surface area contributed by atoms with E-state index in [1.165, 1.54) is 6.33 Å². The van der Waals surface area contributed by atoms with Gasteiger partial charge in [-0.1, -0.05) is 13.3 Å². The minimum atomic E-state index is 0.267. The van der Waals surface area contributed by atoms with Gasteiger partial charge < -0.3 is 14.8 Å². The Morgan fingerprint density at radius 1 is 1.35 bits per heavy atom. The van der Waals surface area contributed by atoms with Crippen LogP contribution in [0.4, 0.5) is 5.82 Å². The maximum Gasteiger partial charge on any atom is 0.221 e. The summed E-state index contributed by atoms with van der Waals surface area (Å²) in [5.74, 6) is 1.42. The van der Waals surface area contributed by atoms with Crippen molar-refractivity contribution in [2.24, 2.45) is 0 Å². The van der Waals surface area contributed by atoms with Crippen LogP contribution < -0.4 is 10.1 Å². The fourth-order valence-electron chi connectivity index (χ4n) is 1.73. The molecule has 1 unspecified atom stereocenters. The highest BCUT2D eigenvalue weighted by molar-refractivity contribution is 5.48. The molecule has 0 bridgehead atoms. The Balaban J connectivity index is 2.77. The zero-order valence-corrected chi connectivity index (χ0v) is 11.0. The Morgan fingerprint density at radius 3 is 2.71 bits per heavy atom. The van der Waals surface area contributed by atoms with Gasteiger partial charge in [-0.2, -0.15) is 0 Å². The Kier molecular flexibility index (Phi) is 5.69. The second-order valence-electron chi connectivity index (χ2n) is 3.94. The second-order valence-corrected chi connectivity index (χ2v) is 3.94. The molecule has 0 aromatic carbocycles. The number of nitrogens with one attached hydrogen (secondary N) is 1. The van der Waals surface area contributed by atoms with Gasteiger partial charge in [0.1, 0.15) is 12.1 Å². The van der Waals surface area contributed by atoms with Gasteiger partial charge in [-0.05, 0) is 13.3 Å². The SMILES string of the molecule is CCCC(COC)Nc1ncnc(OC)c1C. The largest absolute Gasteiger partial charge is 0.481 e. The molecule has 0 aliphatic carbocycles. The molecule has 0 aliphatic heterocycles. The van der Waals surface area contributed by atoms with Crippen LogP contribution in [-0.2, 0) is 4.74 Å². The molecule has 1 rings (SSSR count). The number of nitrogens with zero attached hydrogens (tertiary/aromatic N) is 2. The van der Waals surface area contributed by atoms with Crippen molar-refractivity contribution in [1.82, 2.24) is 9.97 Å². The third-order valence-electron chi connectivity index (χ3n) is 2.58. The average Bonchev–Trinajstić information content (AvgIpc) is 2.32. The Labute approximate surface area is 103 Å². The first-order chi connectivity index (χ1) is 8.22. The van der Waals surface area contributed by atoms with Gasteiger partial charge in [-0.15, -0.1) is 0 Å². The molecule has 0 fully saturated rings. The van der Waals surface area contributed by atoms with Crippen LogP contribution in [0.2, 0.25) is 0 Å². The highest BCUT2D eigenvalue weighted by atomic mass is 16.5. The van der Waals surface area contributed by atoms with Crippen LogP contribution >= 0.6 is 0 Å². The van der Waals surface area contributed by atoms with Crippen LogP contribution in [0.25, 0.3) is 0 Å². The standard InChI is InChI=1S/C12H21N3O2/c1-5-6-10(7-16-3)15-11-9(2)12(17-4)14-8-13-11/h8,10H,5-7H2,1-4H3,(H,13,14,15). The Hall–Kier alpha value is -1.36. The highest BCUT2D eigenvalue weighted by Crippen LogP contribution is 2.21. The lowest BCUT2D eigenvalue weighted by atomic mass is 10.1. The average molecular weight is 239 g/mol. The molecule has 5 nitrogen and oxygen atoms in total.